The standard InChI is InChI=1S/C15H8ClNO2/c16-13-9-5-1-3-7-11(9)17(18)14-10-6-2-4-8-12(10)19-15(13)14/h1-8H. The molecule has 4 rings (SSSR count). The zero-order chi connectivity index (χ0) is 13.0. The number of hydrogen-bond acceptors (Lipinski definition) is 2. The molecule has 2 aromatic carbocycles. The van der Waals surface area contributed by atoms with Crippen molar-refractivity contribution in [3.8, 4) is 0 Å². The Labute approximate surface area is 113 Å². The quantitative estimate of drug-likeness (QED) is 0.357. The second-order valence-corrected chi connectivity index (χ2v) is 4.78. The van der Waals surface area contributed by atoms with Gasteiger partial charge in [0.15, 0.2) is 0 Å². The number of furan rings is 1. The Morgan fingerprint density at radius 2 is 1.63 bits per heavy atom. The monoisotopic (exact) mass is 269 g/mol. The Bertz CT molecular complexity index is 943. The van der Waals surface area contributed by atoms with Crippen molar-refractivity contribution in [3.05, 3.63) is 58.8 Å². The van der Waals surface area contributed by atoms with E-state index in [9.17, 15) is 5.21 Å². The molecule has 2 heterocycles. The maximum Gasteiger partial charge on any atom is 0.272 e. The predicted octanol–water partition coefficient (Wildman–Crippen LogP) is 4.03. The number of pyridine rings is 1. The van der Waals surface area contributed by atoms with Gasteiger partial charge in [-0.2, -0.15) is 4.73 Å². The molecule has 0 saturated heterocycles. The molecule has 19 heavy (non-hydrogen) atoms. The Kier molecular flexibility index (Phi) is 2.03. The first kappa shape index (κ1) is 10.6. The molecule has 92 valence electrons. The van der Waals surface area contributed by atoms with Gasteiger partial charge in [0.25, 0.3) is 5.52 Å². The minimum Gasteiger partial charge on any atom is -0.618 e. The zero-order valence-electron chi connectivity index (χ0n) is 9.76. The topological polar surface area (TPSA) is 40.1 Å². The molecule has 0 N–H and O–H groups in total. The van der Waals surface area contributed by atoms with E-state index in [2.05, 4.69) is 0 Å². The second-order valence-electron chi connectivity index (χ2n) is 4.40. The van der Waals surface area contributed by atoms with Gasteiger partial charge in [-0.15, -0.1) is 0 Å². The summed E-state index contributed by atoms with van der Waals surface area (Å²) in [5, 5.41) is 14.5. The highest BCUT2D eigenvalue weighted by Gasteiger charge is 2.22. The lowest BCUT2D eigenvalue weighted by Gasteiger charge is -2.04. The van der Waals surface area contributed by atoms with Gasteiger partial charge in [-0.25, -0.2) is 0 Å². The van der Waals surface area contributed by atoms with Crippen molar-refractivity contribution in [2.75, 3.05) is 0 Å². The van der Waals surface area contributed by atoms with Crippen LogP contribution in [0, 0.1) is 5.21 Å². The molecule has 0 saturated carbocycles. The van der Waals surface area contributed by atoms with Crippen LogP contribution in [0.15, 0.2) is 52.9 Å². The lowest BCUT2D eigenvalue weighted by molar-refractivity contribution is -0.547. The molecule has 0 fully saturated rings. The molecule has 0 unspecified atom stereocenters. The van der Waals surface area contributed by atoms with E-state index in [0.29, 0.717) is 32.6 Å². The molecule has 0 atom stereocenters. The van der Waals surface area contributed by atoms with E-state index in [-0.39, 0.29) is 0 Å². The number of nitrogens with zero attached hydrogens (tertiary/aromatic N) is 1. The van der Waals surface area contributed by atoms with E-state index in [1.54, 1.807) is 6.07 Å². The van der Waals surface area contributed by atoms with E-state index in [1.165, 1.54) is 0 Å². The van der Waals surface area contributed by atoms with Gasteiger partial charge < -0.3 is 9.62 Å². The van der Waals surface area contributed by atoms with Gasteiger partial charge in [0.05, 0.1) is 10.8 Å². The van der Waals surface area contributed by atoms with Crippen LogP contribution in [0.2, 0.25) is 5.02 Å². The number of hydrogen-bond donors (Lipinski definition) is 0. The molecule has 0 radical (unpaired) electrons. The number of halogens is 1. The lowest BCUT2D eigenvalue weighted by atomic mass is 10.1. The van der Waals surface area contributed by atoms with Crippen molar-refractivity contribution < 1.29 is 9.15 Å². The molecule has 0 aliphatic carbocycles. The maximum absolute atomic E-state index is 12.5. The molecule has 0 spiro atoms. The van der Waals surface area contributed by atoms with Crippen molar-refractivity contribution in [3.63, 3.8) is 0 Å². The van der Waals surface area contributed by atoms with E-state index >= 15 is 0 Å². The van der Waals surface area contributed by atoms with Crippen LogP contribution in [0.3, 0.4) is 0 Å². The van der Waals surface area contributed by atoms with Crippen molar-refractivity contribution in [2.24, 2.45) is 0 Å². The summed E-state index contributed by atoms with van der Waals surface area (Å²) in [5.41, 5.74) is 2.14. The minimum absolute atomic E-state index is 0.441. The summed E-state index contributed by atoms with van der Waals surface area (Å²) in [6.45, 7) is 0. The van der Waals surface area contributed by atoms with Gasteiger partial charge in [-0.1, -0.05) is 35.9 Å². The minimum atomic E-state index is 0.441. The third-order valence-corrected chi connectivity index (χ3v) is 3.71. The third-order valence-electron chi connectivity index (χ3n) is 3.33. The normalized spacial score (nSPS) is 11.6. The van der Waals surface area contributed by atoms with Gasteiger partial charge >= 0.3 is 0 Å². The molecule has 4 aromatic rings. The Morgan fingerprint density at radius 3 is 2.47 bits per heavy atom. The average molecular weight is 270 g/mol. The maximum atomic E-state index is 12.5. The molecule has 4 heteroatoms. The van der Waals surface area contributed by atoms with Crippen molar-refractivity contribution in [1.29, 1.82) is 0 Å². The fourth-order valence-corrected chi connectivity index (χ4v) is 2.75. The highest BCUT2D eigenvalue weighted by molar-refractivity contribution is 6.40. The Hall–Kier alpha value is -2.26. The smallest absolute Gasteiger partial charge is 0.272 e. The van der Waals surface area contributed by atoms with Gasteiger partial charge in [0, 0.05) is 6.07 Å². The van der Waals surface area contributed by atoms with Crippen molar-refractivity contribution in [2.45, 2.75) is 0 Å². The van der Waals surface area contributed by atoms with Crippen molar-refractivity contribution >= 4 is 44.6 Å². The van der Waals surface area contributed by atoms with Crippen LogP contribution >= 0.6 is 11.6 Å². The number of rotatable bonds is 0. The van der Waals surface area contributed by atoms with Crippen LogP contribution in [0.25, 0.3) is 33.0 Å². The number of para-hydroxylation sites is 2. The molecule has 0 aliphatic rings. The first-order valence-corrected chi connectivity index (χ1v) is 6.26. The van der Waals surface area contributed by atoms with E-state index in [1.807, 2.05) is 42.5 Å². The summed E-state index contributed by atoms with van der Waals surface area (Å²) in [6, 6.07) is 14.7. The molecule has 0 bridgehead atoms. The second kappa shape index (κ2) is 3.62. The third kappa shape index (κ3) is 1.30. The summed E-state index contributed by atoms with van der Waals surface area (Å²) in [6.07, 6.45) is 0. The molecule has 0 aliphatic heterocycles. The van der Waals surface area contributed by atoms with Crippen LogP contribution in [0.4, 0.5) is 0 Å². The number of benzene rings is 2. The molecule has 2 aromatic heterocycles. The number of fused-ring (bicyclic) bond motifs is 4. The SMILES string of the molecule is [O-][n+]1c2ccccc2c(Cl)c2oc3ccccc3c21. The van der Waals surface area contributed by atoms with Crippen LogP contribution in [0.5, 0.6) is 0 Å². The molecule has 3 nitrogen and oxygen atoms in total. The van der Waals surface area contributed by atoms with Gasteiger partial charge in [-0.05, 0) is 18.2 Å². The Balaban J connectivity index is 2.39. The van der Waals surface area contributed by atoms with Crippen molar-refractivity contribution in [1.82, 2.24) is 0 Å². The van der Waals surface area contributed by atoms with Gasteiger partial charge in [0.2, 0.25) is 11.1 Å². The highest BCUT2D eigenvalue weighted by Crippen LogP contribution is 2.34. The average Bonchev–Trinajstić information content (AvgIpc) is 2.84. The first-order chi connectivity index (χ1) is 9.27. The predicted molar refractivity (Wildman–Crippen MR) is 75.2 cm³/mol. The van der Waals surface area contributed by atoms with Crippen LogP contribution in [-0.2, 0) is 0 Å². The van der Waals surface area contributed by atoms with E-state index < -0.39 is 0 Å². The van der Waals surface area contributed by atoms with Crippen LogP contribution in [0.1, 0.15) is 0 Å². The molecule has 0 amide bonds. The molecular weight excluding hydrogens is 262 g/mol. The largest absolute Gasteiger partial charge is 0.618 e. The zero-order valence-corrected chi connectivity index (χ0v) is 10.5. The number of aromatic nitrogens is 1. The summed E-state index contributed by atoms with van der Waals surface area (Å²) >= 11 is 6.37. The van der Waals surface area contributed by atoms with E-state index in [4.69, 9.17) is 16.0 Å². The molecular formula is C15H8ClNO2. The van der Waals surface area contributed by atoms with Gasteiger partial charge in [-0.3, -0.25) is 0 Å². The fraction of sp³-hybridized carbons (Fsp3) is 0. The van der Waals surface area contributed by atoms with Gasteiger partial charge in [0.1, 0.15) is 10.6 Å². The Morgan fingerprint density at radius 1 is 0.947 bits per heavy atom. The summed E-state index contributed by atoms with van der Waals surface area (Å²) in [7, 11) is 0. The lowest BCUT2D eigenvalue weighted by Crippen LogP contribution is -2.27. The van der Waals surface area contributed by atoms with E-state index in [0.717, 1.165) is 10.1 Å². The highest BCUT2D eigenvalue weighted by atomic mass is 35.5. The summed E-state index contributed by atoms with van der Waals surface area (Å²) in [4.78, 5) is 0. The first-order valence-electron chi connectivity index (χ1n) is 5.88. The van der Waals surface area contributed by atoms with Crippen LogP contribution < -0.4 is 4.73 Å². The fourth-order valence-electron chi connectivity index (χ4n) is 2.46. The summed E-state index contributed by atoms with van der Waals surface area (Å²) < 4.78 is 6.61. The summed E-state index contributed by atoms with van der Waals surface area (Å²) in [5.74, 6) is 0. The van der Waals surface area contributed by atoms with Crippen LogP contribution in [-0.4, -0.2) is 0 Å².